The van der Waals surface area contributed by atoms with E-state index in [1.807, 2.05) is 27.7 Å². The quantitative estimate of drug-likeness (QED) is 0.690. The fourth-order valence-corrected chi connectivity index (χ4v) is 2.05. The molecule has 3 nitrogen and oxygen atoms in total. The zero-order valence-electron chi connectivity index (χ0n) is 9.22. The third-order valence-corrected chi connectivity index (χ3v) is 2.64. The Hall–Kier alpha value is 0.430. The topological polar surface area (TPSA) is 34.0 Å². The Kier molecular flexibility index (Phi) is 3.62. The number of alkyl halides is 3. The molecule has 0 radical (unpaired) electrons. The van der Waals surface area contributed by atoms with Crippen LogP contribution in [0.1, 0.15) is 34.1 Å². The molecule has 1 unspecified atom stereocenters. The highest BCUT2D eigenvalue weighted by atomic mass is 35.6. The van der Waals surface area contributed by atoms with Gasteiger partial charge in [0.1, 0.15) is 0 Å². The smallest absolute Gasteiger partial charge is 0.195 e. The Morgan fingerprint density at radius 2 is 1.73 bits per heavy atom. The number of ether oxygens (including phenoxy) is 1. The summed E-state index contributed by atoms with van der Waals surface area (Å²) in [7, 11) is 0. The normalized spacial score (nSPS) is 30.1. The molecule has 88 valence electrons. The zero-order valence-corrected chi connectivity index (χ0v) is 11.5. The van der Waals surface area contributed by atoms with Gasteiger partial charge in [-0.05, 0) is 13.8 Å². The summed E-state index contributed by atoms with van der Waals surface area (Å²) in [5.74, 6) is 0.0960. The van der Waals surface area contributed by atoms with Crippen LogP contribution in [-0.2, 0) is 4.74 Å². The third kappa shape index (κ3) is 3.45. The van der Waals surface area contributed by atoms with Crippen LogP contribution in [0, 0.1) is 5.92 Å². The summed E-state index contributed by atoms with van der Waals surface area (Å²) in [6, 6.07) is 0. The number of rotatable bonds is 2. The maximum Gasteiger partial charge on any atom is 0.195 e. The predicted molar refractivity (Wildman–Crippen MR) is 62.5 cm³/mol. The summed E-state index contributed by atoms with van der Waals surface area (Å²) in [4.78, 5) is 0. The third-order valence-electron chi connectivity index (χ3n) is 2.24. The van der Waals surface area contributed by atoms with E-state index in [9.17, 15) is 0 Å². The van der Waals surface area contributed by atoms with E-state index in [4.69, 9.17) is 39.5 Å². The van der Waals surface area contributed by atoms with Crippen LogP contribution in [0.15, 0.2) is 10.2 Å². The van der Waals surface area contributed by atoms with Crippen molar-refractivity contribution in [2.24, 2.45) is 16.1 Å². The second-order valence-corrected chi connectivity index (χ2v) is 7.06. The first-order chi connectivity index (χ1) is 6.56. The molecule has 15 heavy (non-hydrogen) atoms. The minimum Gasteiger partial charge on any atom is -0.323 e. The van der Waals surface area contributed by atoms with Crippen LogP contribution in [0.25, 0.3) is 0 Å². The van der Waals surface area contributed by atoms with E-state index in [-0.39, 0.29) is 12.3 Å². The van der Waals surface area contributed by atoms with E-state index in [1.54, 1.807) is 0 Å². The Balaban J connectivity index is 2.90. The zero-order chi connectivity index (χ0) is 11.9. The highest BCUT2D eigenvalue weighted by Crippen LogP contribution is 2.46. The maximum absolute atomic E-state index is 5.79. The van der Waals surface area contributed by atoms with Crippen molar-refractivity contribution in [3.05, 3.63) is 0 Å². The summed E-state index contributed by atoms with van der Waals surface area (Å²) < 4.78 is 4.40. The van der Waals surface area contributed by atoms with E-state index in [1.165, 1.54) is 0 Å². The van der Waals surface area contributed by atoms with Crippen LogP contribution < -0.4 is 0 Å². The number of halogens is 3. The average Bonchev–Trinajstić information content (AvgIpc) is 2.23. The van der Waals surface area contributed by atoms with Crippen LogP contribution in [-0.4, -0.2) is 15.2 Å². The van der Waals surface area contributed by atoms with E-state index in [0.29, 0.717) is 0 Å². The molecule has 0 aliphatic carbocycles. The van der Waals surface area contributed by atoms with Crippen molar-refractivity contribution in [3.8, 4) is 0 Å². The molecule has 1 aliphatic rings. The Labute approximate surface area is 105 Å². The number of hydrogen-bond donors (Lipinski definition) is 0. The molecule has 1 atom stereocenters. The molecule has 0 N–H and O–H groups in total. The largest absolute Gasteiger partial charge is 0.323 e. The molecule has 0 aromatic carbocycles. The molecule has 0 fully saturated rings. The van der Waals surface area contributed by atoms with Gasteiger partial charge in [0.2, 0.25) is 0 Å². The van der Waals surface area contributed by atoms with Gasteiger partial charge in [-0.2, -0.15) is 10.2 Å². The second kappa shape index (κ2) is 4.02. The first-order valence-corrected chi connectivity index (χ1v) is 5.91. The molecule has 0 bridgehead atoms. The molecular formula is C9H15Cl3N2O. The Bertz CT molecular complexity index is 273. The van der Waals surface area contributed by atoms with E-state index in [2.05, 4.69) is 10.2 Å². The lowest BCUT2D eigenvalue weighted by molar-refractivity contribution is -0.124. The van der Waals surface area contributed by atoms with Crippen molar-refractivity contribution < 1.29 is 4.74 Å². The van der Waals surface area contributed by atoms with Gasteiger partial charge in [0.25, 0.3) is 0 Å². The van der Waals surface area contributed by atoms with Crippen LogP contribution in [0.3, 0.4) is 0 Å². The molecule has 0 saturated carbocycles. The van der Waals surface area contributed by atoms with Crippen molar-refractivity contribution in [1.82, 2.24) is 0 Å². The lowest BCUT2D eigenvalue weighted by Crippen LogP contribution is -2.41. The maximum atomic E-state index is 5.79. The molecule has 0 aromatic heterocycles. The predicted octanol–water partition coefficient (Wildman–Crippen LogP) is 4.32. The molecule has 1 aliphatic heterocycles. The van der Waals surface area contributed by atoms with Crippen LogP contribution >= 0.6 is 34.8 Å². The van der Waals surface area contributed by atoms with Crippen LogP contribution in [0.4, 0.5) is 0 Å². The summed E-state index contributed by atoms with van der Waals surface area (Å²) in [6.45, 7) is 7.60. The SMILES string of the molecule is CC(C)C1(CC(Cl)(Cl)Cl)N=NC(C)(C)O1. The summed E-state index contributed by atoms with van der Waals surface area (Å²) in [5, 5.41) is 8.21. The van der Waals surface area contributed by atoms with Gasteiger partial charge < -0.3 is 4.74 Å². The first kappa shape index (κ1) is 13.5. The van der Waals surface area contributed by atoms with Crippen LogP contribution in [0.5, 0.6) is 0 Å². The van der Waals surface area contributed by atoms with E-state index in [0.717, 1.165) is 0 Å². The monoisotopic (exact) mass is 272 g/mol. The lowest BCUT2D eigenvalue weighted by atomic mass is 9.97. The van der Waals surface area contributed by atoms with Gasteiger partial charge in [-0.15, -0.1) is 0 Å². The molecule has 1 heterocycles. The van der Waals surface area contributed by atoms with Gasteiger partial charge in [-0.3, -0.25) is 0 Å². The number of azo groups is 1. The number of nitrogens with zero attached hydrogens (tertiary/aromatic N) is 2. The standard InChI is InChI=1S/C9H15Cl3N2O/c1-6(2)8(5-9(10,11)12)14-13-7(3,4)15-8/h6H,5H2,1-4H3. The van der Waals surface area contributed by atoms with Gasteiger partial charge in [0.15, 0.2) is 15.2 Å². The highest BCUT2D eigenvalue weighted by Gasteiger charge is 2.49. The molecule has 0 amide bonds. The highest BCUT2D eigenvalue weighted by molar-refractivity contribution is 6.67. The first-order valence-electron chi connectivity index (χ1n) is 4.77. The Morgan fingerprint density at radius 3 is 2.00 bits per heavy atom. The Morgan fingerprint density at radius 1 is 1.20 bits per heavy atom. The molecule has 1 rings (SSSR count). The molecule has 0 saturated heterocycles. The van der Waals surface area contributed by atoms with Gasteiger partial charge in [-0.1, -0.05) is 48.7 Å². The van der Waals surface area contributed by atoms with Gasteiger partial charge in [0, 0.05) is 12.3 Å². The van der Waals surface area contributed by atoms with Crippen molar-refractivity contribution in [2.45, 2.75) is 49.4 Å². The van der Waals surface area contributed by atoms with Crippen LogP contribution in [0.2, 0.25) is 0 Å². The van der Waals surface area contributed by atoms with Crippen molar-refractivity contribution in [1.29, 1.82) is 0 Å². The summed E-state index contributed by atoms with van der Waals surface area (Å²) >= 11 is 17.4. The van der Waals surface area contributed by atoms with Gasteiger partial charge >= 0.3 is 0 Å². The number of hydrogen-bond acceptors (Lipinski definition) is 3. The van der Waals surface area contributed by atoms with Crippen molar-refractivity contribution in [3.63, 3.8) is 0 Å². The lowest BCUT2D eigenvalue weighted by Gasteiger charge is -2.33. The van der Waals surface area contributed by atoms with Gasteiger partial charge in [0.05, 0.1) is 0 Å². The second-order valence-electron chi connectivity index (χ2n) is 4.54. The molecule has 0 aromatic rings. The van der Waals surface area contributed by atoms with Gasteiger partial charge in [-0.25, -0.2) is 0 Å². The molecular weight excluding hydrogens is 258 g/mol. The minimum atomic E-state index is -1.39. The fraction of sp³-hybridized carbons (Fsp3) is 1.00. The molecule has 6 heteroatoms. The average molecular weight is 274 g/mol. The van der Waals surface area contributed by atoms with Crippen molar-refractivity contribution >= 4 is 34.8 Å². The van der Waals surface area contributed by atoms with E-state index < -0.39 is 15.2 Å². The summed E-state index contributed by atoms with van der Waals surface area (Å²) in [6.07, 6.45) is 0.204. The minimum absolute atomic E-state index is 0.0960. The fourth-order valence-electron chi connectivity index (χ4n) is 1.47. The van der Waals surface area contributed by atoms with Crippen molar-refractivity contribution in [2.75, 3.05) is 0 Å². The molecule has 0 spiro atoms. The summed E-state index contributed by atoms with van der Waals surface area (Å²) in [5.41, 5.74) is -1.46. The van der Waals surface area contributed by atoms with E-state index >= 15 is 0 Å².